The highest BCUT2D eigenvalue weighted by atomic mass is 16.5. The second kappa shape index (κ2) is 9.53. The molecule has 1 atom stereocenters. The number of methoxy groups -OCH3 is 1. The fourth-order valence-corrected chi connectivity index (χ4v) is 3.57. The maximum atomic E-state index is 12.3. The van der Waals surface area contributed by atoms with Crippen LogP contribution in [0.5, 0.6) is 5.75 Å². The molecule has 3 rings (SSSR count). The molecule has 0 unspecified atom stereocenters. The van der Waals surface area contributed by atoms with Crippen molar-refractivity contribution in [2.45, 2.75) is 12.5 Å². The average molecular weight is 367 g/mol. The molecule has 0 radical (unpaired) electrons. The lowest BCUT2D eigenvalue weighted by molar-refractivity contribution is 0.0865. The molecule has 1 saturated heterocycles. The summed E-state index contributed by atoms with van der Waals surface area (Å²) in [6.07, 6.45) is 0.933. The molecule has 0 aromatic heterocycles. The Kier molecular flexibility index (Phi) is 6.85. The number of carbonyl (C=O) groups excluding carboxylic acids is 1. The molecule has 1 amide bonds. The molecule has 27 heavy (non-hydrogen) atoms. The van der Waals surface area contributed by atoms with Gasteiger partial charge in [0.25, 0.3) is 5.91 Å². The van der Waals surface area contributed by atoms with Crippen molar-refractivity contribution in [2.75, 3.05) is 46.9 Å². The van der Waals surface area contributed by atoms with E-state index >= 15 is 0 Å². The first-order valence-corrected chi connectivity index (χ1v) is 9.57. The number of carbonyl (C=O) groups is 1. The van der Waals surface area contributed by atoms with Crippen molar-refractivity contribution in [1.82, 2.24) is 15.1 Å². The van der Waals surface area contributed by atoms with Crippen molar-refractivity contribution < 1.29 is 9.53 Å². The Morgan fingerprint density at radius 2 is 1.96 bits per heavy atom. The molecule has 0 saturated carbocycles. The van der Waals surface area contributed by atoms with Gasteiger partial charge in [0.05, 0.1) is 7.11 Å². The van der Waals surface area contributed by atoms with Crippen molar-refractivity contribution in [1.29, 1.82) is 0 Å². The summed E-state index contributed by atoms with van der Waals surface area (Å²) < 4.78 is 5.18. The normalized spacial score (nSPS) is 18.2. The molecule has 1 N–H and O–H groups in total. The summed E-state index contributed by atoms with van der Waals surface area (Å²) in [6.45, 7) is 4.83. The lowest BCUT2D eigenvalue weighted by atomic mass is 10.0. The molecule has 5 heteroatoms. The first-order chi connectivity index (χ1) is 13.2. The highest BCUT2D eigenvalue weighted by molar-refractivity contribution is 5.94. The molecule has 2 aromatic carbocycles. The smallest absolute Gasteiger partial charge is 0.251 e. The van der Waals surface area contributed by atoms with E-state index in [4.69, 9.17) is 4.74 Å². The topological polar surface area (TPSA) is 44.8 Å². The number of ether oxygens (including phenoxy) is 1. The van der Waals surface area contributed by atoms with Crippen molar-refractivity contribution >= 4 is 5.91 Å². The van der Waals surface area contributed by atoms with Crippen molar-refractivity contribution in [3.05, 3.63) is 65.7 Å². The summed E-state index contributed by atoms with van der Waals surface area (Å²) in [5.41, 5.74) is 2.00. The Labute approximate surface area is 161 Å². The van der Waals surface area contributed by atoms with Crippen LogP contribution in [0.1, 0.15) is 28.4 Å². The number of nitrogens with one attached hydrogen (secondary N) is 1. The van der Waals surface area contributed by atoms with Crippen molar-refractivity contribution in [3.63, 3.8) is 0 Å². The summed E-state index contributed by atoms with van der Waals surface area (Å²) >= 11 is 0. The van der Waals surface area contributed by atoms with Crippen molar-refractivity contribution in [2.24, 2.45) is 0 Å². The van der Waals surface area contributed by atoms with E-state index in [1.54, 1.807) is 13.2 Å². The molecule has 0 spiro atoms. The van der Waals surface area contributed by atoms with Crippen LogP contribution in [0.25, 0.3) is 0 Å². The van der Waals surface area contributed by atoms with Gasteiger partial charge < -0.3 is 15.0 Å². The second-order valence-electron chi connectivity index (χ2n) is 7.07. The number of amides is 1. The van der Waals surface area contributed by atoms with Gasteiger partial charge in [-0.3, -0.25) is 9.69 Å². The van der Waals surface area contributed by atoms with Gasteiger partial charge in [-0.05, 0) is 37.2 Å². The molecule has 5 nitrogen and oxygen atoms in total. The van der Waals surface area contributed by atoms with Gasteiger partial charge in [-0.25, -0.2) is 0 Å². The average Bonchev–Trinajstić information content (AvgIpc) is 2.72. The first-order valence-electron chi connectivity index (χ1n) is 9.57. The fourth-order valence-electron chi connectivity index (χ4n) is 3.57. The van der Waals surface area contributed by atoms with Crippen LogP contribution < -0.4 is 10.1 Å². The van der Waals surface area contributed by atoms with E-state index in [1.165, 1.54) is 5.56 Å². The summed E-state index contributed by atoms with van der Waals surface area (Å²) in [4.78, 5) is 17.2. The van der Waals surface area contributed by atoms with E-state index in [1.807, 2.05) is 18.2 Å². The van der Waals surface area contributed by atoms with Gasteiger partial charge in [0.2, 0.25) is 0 Å². The maximum Gasteiger partial charge on any atom is 0.251 e. The van der Waals surface area contributed by atoms with Gasteiger partial charge >= 0.3 is 0 Å². The number of nitrogens with zero attached hydrogens (tertiary/aromatic N) is 2. The summed E-state index contributed by atoms with van der Waals surface area (Å²) in [5, 5.41) is 3.02. The number of benzene rings is 2. The van der Waals surface area contributed by atoms with Crippen LogP contribution >= 0.6 is 0 Å². The van der Waals surface area contributed by atoms with Crippen LogP contribution in [-0.4, -0.2) is 62.6 Å². The van der Waals surface area contributed by atoms with E-state index in [2.05, 4.69) is 52.5 Å². The SMILES string of the molecule is COc1cccc(C(=O)NCCCN2CCN(C)C[C@@H]2c2ccccc2)c1. The zero-order chi connectivity index (χ0) is 19.1. The van der Waals surface area contributed by atoms with Gasteiger partial charge in [-0.15, -0.1) is 0 Å². The van der Waals surface area contributed by atoms with Crippen LogP contribution in [0.2, 0.25) is 0 Å². The van der Waals surface area contributed by atoms with Gasteiger partial charge in [-0.2, -0.15) is 0 Å². The zero-order valence-electron chi connectivity index (χ0n) is 16.2. The van der Waals surface area contributed by atoms with Crippen molar-refractivity contribution in [3.8, 4) is 5.75 Å². The standard InChI is InChI=1S/C22H29N3O2/c1-24-14-15-25(21(17-24)18-8-4-3-5-9-18)13-7-12-23-22(26)19-10-6-11-20(16-19)27-2/h3-6,8-11,16,21H,7,12-15,17H2,1-2H3,(H,23,26)/t21-/m1/s1. The second-order valence-corrected chi connectivity index (χ2v) is 7.07. The molecule has 144 valence electrons. The predicted molar refractivity (Wildman–Crippen MR) is 108 cm³/mol. The number of hydrogen-bond donors (Lipinski definition) is 1. The number of hydrogen-bond acceptors (Lipinski definition) is 4. The summed E-state index contributed by atoms with van der Waals surface area (Å²) in [5.74, 6) is 0.651. The van der Waals surface area contributed by atoms with Crippen LogP contribution in [0.15, 0.2) is 54.6 Å². The molecule has 0 bridgehead atoms. The highest BCUT2D eigenvalue weighted by Crippen LogP contribution is 2.24. The molecular formula is C22H29N3O2. The third-order valence-electron chi connectivity index (χ3n) is 5.12. The minimum Gasteiger partial charge on any atom is -0.497 e. The van der Waals surface area contributed by atoms with E-state index in [9.17, 15) is 4.79 Å². The summed E-state index contributed by atoms with van der Waals surface area (Å²) in [6, 6.07) is 18.4. The largest absolute Gasteiger partial charge is 0.497 e. The molecule has 1 aliphatic rings. The Bertz CT molecular complexity index is 735. The molecule has 1 aliphatic heterocycles. The minimum atomic E-state index is -0.0492. The van der Waals surface area contributed by atoms with Crippen LogP contribution in [-0.2, 0) is 0 Å². The lowest BCUT2D eigenvalue weighted by Crippen LogP contribution is -2.47. The van der Waals surface area contributed by atoms with Crippen LogP contribution in [0.4, 0.5) is 0 Å². The number of likely N-dealkylation sites (N-methyl/N-ethyl adjacent to an activating group) is 1. The van der Waals surface area contributed by atoms with Gasteiger partial charge in [0.1, 0.15) is 5.75 Å². The molecule has 1 fully saturated rings. The van der Waals surface area contributed by atoms with E-state index in [0.29, 0.717) is 23.9 Å². The summed E-state index contributed by atoms with van der Waals surface area (Å²) in [7, 11) is 3.79. The monoisotopic (exact) mass is 367 g/mol. The number of piperazine rings is 1. The predicted octanol–water partition coefficient (Wildman–Crippen LogP) is 2.80. The van der Waals surface area contributed by atoms with E-state index in [0.717, 1.165) is 32.6 Å². The third-order valence-corrected chi connectivity index (χ3v) is 5.12. The molecule has 1 heterocycles. The van der Waals surface area contributed by atoms with Crippen LogP contribution in [0.3, 0.4) is 0 Å². The molecule has 0 aliphatic carbocycles. The number of rotatable bonds is 7. The maximum absolute atomic E-state index is 12.3. The molecular weight excluding hydrogens is 338 g/mol. The third kappa shape index (κ3) is 5.31. The fraction of sp³-hybridized carbons (Fsp3) is 0.409. The highest BCUT2D eigenvalue weighted by Gasteiger charge is 2.25. The molecule has 2 aromatic rings. The Hall–Kier alpha value is -2.37. The van der Waals surface area contributed by atoms with Gasteiger partial charge in [0, 0.05) is 44.3 Å². The quantitative estimate of drug-likeness (QED) is 0.765. The lowest BCUT2D eigenvalue weighted by Gasteiger charge is -2.40. The zero-order valence-corrected chi connectivity index (χ0v) is 16.2. The Morgan fingerprint density at radius 1 is 1.15 bits per heavy atom. The minimum absolute atomic E-state index is 0.0492. The van der Waals surface area contributed by atoms with Gasteiger partial charge in [-0.1, -0.05) is 36.4 Å². The van der Waals surface area contributed by atoms with E-state index in [-0.39, 0.29) is 5.91 Å². The first kappa shape index (κ1) is 19.4. The van der Waals surface area contributed by atoms with E-state index < -0.39 is 0 Å². The van der Waals surface area contributed by atoms with Crippen LogP contribution in [0, 0.1) is 0 Å². The Balaban J connectivity index is 1.50. The van der Waals surface area contributed by atoms with Gasteiger partial charge in [0.15, 0.2) is 0 Å². The Morgan fingerprint density at radius 3 is 2.74 bits per heavy atom.